The molecule has 9 nitrogen and oxygen atoms in total. The van der Waals surface area contributed by atoms with Crippen molar-refractivity contribution in [2.75, 3.05) is 32.9 Å². The second-order valence-electron chi connectivity index (χ2n) is 7.00. The average Bonchev–Trinajstić information content (AvgIpc) is 3.07. The second kappa shape index (κ2) is 9.96. The number of nitrogens with zero attached hydrogens (tertiary/aromatic N) is 5. The van der Waals surface area contributed by atoms with Gasteiger partial charge in [0, 0.05) is 18.5 Å². The molecule has 0 unspecified atom stereocenters. The van der Waals surface area contributed by atoms with Crippen molar-refractivity contribution in [2.45, 2.75) is 6.67 Å². The van der Waals surface area contributed by atoms with Gasteiger partial charge < -0.3 is 14.7 Å². The van der Waals surface area contributed by atoms with Crippen LogP contribution in [0.5, 0.6) is 5.88 Å². The molecule has 2 heterocycles. The van der Waals surface area contributed by atoms with Gasteiger partial charge in [0.1, 0.15) is 0 Å². The number of hydrogen-bond acceptors (Lipinski definition) is 7. The van der Waals surface area contributed by atoms with Crippen LogP contribution in [0.4, 0.5) is 5.69 Å². The molecular weight excluding hydrogens is 398 g/mol. The van der Waals surface area contributed by atoms with E-state index >= 15 is 0 Å². The van der Waals surface area contributed by atoms with Gasteiger partial charge in [0.05, 0.1) is 31.6 Å². The number of aromatic nitrogens is 1. The van der Waals surface area contributed by atoms with Crippen LogP contribution in [0.2, 0.25) is 0 Å². The molecule has 1 saturated heterocycles. The molecule has 0 bridgehead atoms. The van der Waals surface area contributed by atoms with Crippen LogP contribution in [0.25, 0.3) is 10.9 Å². The predicted molar refractivity (Wildman–Crippen MR) is 116 cm³/mol. The Morgan fingerprint density at radius 3 is 2.65 bits per heavy atom. The van der Waals surface area contributed by atoms with E-state index in [2.05, 4.69) is 20.3 Å². The zero-order valence-electron chi connectivity index (χ0n) is 16.9. The molecule has 1 fully saturated rings. The Bertz CT molecular complexity index is 1090. The van der Waals surface area contributed by atoms with Gasteiger partial charge in [-0.2, -0.15) is 0 Å². The summed E-state index contributed by atoms with van der Waals surface area (Å²) < 4.78 is 7.15. The lowest BCUT2D eigenvalue weighted by Crippen LogP contribution is -2.37. The minimum Gasteiger partial charge on any atom is -0.493 e. The van der Waals surface area contributed by atoms with E-state index in [1.54, 1.807) is 4.57 Å². The Balaban J connectivity index is 1.44. The fraction of sp³-hybridized carbons (Fsp3) is 0.273. The van der Waals surface area contributed by atoms with Crippen LogP contribution < -0.4 is 0 Å². The van der Waals surface area contributed by atoms with E-state index in [0.717, 1.165) is 24.2 Å². The lowest BCUT2D eigenvalue weighted by molar-refractivity contribution is -0.122. The molecule has 1 N–H and O–H groups in total. The van der Waals surface area contributed by atoms with Gasteiger partial charge in [-0.1, -0.05) is 53.7 Å². The van der Waals surface area contributed by atoms with Crippen molar-refractivity contribution in [1.82, 2.24) is 9.47 Å². The minimum atomic E-state index is -0.602. The first-order chi connectivity index (χ1) is 15.2. The average molecular weight is 421 g/mol. The first-order valence-corrected chi connectivity index (χ1v) is 9.97. The van der Waals surface area contributed by atoms with Crippen molar-refractivity contribution < 1.29 is 19.5 Å². The Morgan fingerprint density at radius 1 is 1.10 bits per heavy atom. The molecule has 0 radical (unpaired) electrons. The smallest absolute Gasteiger partial charge is 0.304 e. The number of rotatable bonds is 7. The van der Waals surface area contributed by atoms with Gasteiger partial charge in [0.15, 0.2) is 12.3 Å². The summed E-state index contributed by atoms with van der Waals surface area (Å²) in [5.41, 5.74) is 1.93. The molecule has 9 heteroatoms. The second-order valence-corrected chi connectivity index (χ2v) is 7.00. The fourth-order valence-corrected chi connectivity index (χ4v) is 3.32. The highest BCUT2D eigenvalue weighted by Crippen LogP contribution is 2.38. The van der Waals surface area contributed by atoms with Crippen LogP contribution in [0.3, 0.4) is 0 Å². The van der Waals surface area contributed by atoms with Crippen LogP contribution in [0, 0.1) is 0 Å². The number of oxime groups is 1. The predicted octanol–water partition coefficient (Wildman–Crippen LogP) is 3.30. The zero-order valence-corrected chi connectivity index (χ0v) is 16.9. The maximum absolute atomic E-state index is 12.0. The molecule has 3 aromatic rings. The van der Waals surface area contributed by atoms with Gasteiger partial charge in [-0.05, 0) is 11.6 Å². The molecule has 0 saturated carbocycles. The zero-order chi connectivity index (χ0) is 21.5. The molecule has 0 aliphatic carbocycles. The molecule has 2 aromatic carbocycles. The summed E-state index contributed by atoms with van der Waals surface area (Å²) in [5, 5.41) is 23.0. The van der Waals surface area contributed by atoms with Crippen LogP contribution >= 0.6 is 0 Å². The molecule has 1 amide bonds. The molecule has 4 rings (SSSR count). The summed E-state index contributed by atoms with van der Waals surface area (Å²) in [4.78, 5) is 19.2. The SMILES string of the molecule is O=C(CON=Cc1ccccc1)N=Nc1c(O)n(CN2CCOCC2)c2ccccc12. The van der Waals surface area contributed by atoms with Gasteiger partial charge in [-0.3, -0.25) is 14.3 Å². The Hall–Kier alpha value is -3.56. The number of aromatic hydroxyl groups is 1. The van der Waals surface area contributed by atoms with E-state index in [4.69, 9.17) is 9.57 Å². The van der Waals surface area contributed by atoms with Crippen molar-refractivity contribution >= 4 is 28.7 Å². The summed E-state index contributed by atoms with van der Waals surface area (Å²) in [7, 11) is 0. The molecule has 0 spiro atoms. The van der Waals surface area contributed by atoms with Crippen LogP contribution in [-0.4, -0.2) is 59.6 Å². The highest BCUT2D eigenvalue weighted by molar-refractivity contribution is 5.95. The summed E-state index contributed by atoms with van der Waals surface area (Å²) in [5.74, 6) is -0.637. The number of amides is 1. The number of benzene rings is 2. The summed E-state index contributed by atoms with van der Waals surface area (Å²) in [6.45, 7) is 3.03. The van der Waals surface area contributed by atoms with E-state index in [9.17, 15) is 9.90 Å². The monoisotopic (exact) mass is 421 g/mol. The molecule has 0 atom stereocenters. The minimum absolute atomic E-state index is 0.0349. The van der Waals surface area contributed by atoms with E-state index in [1.807, 2.05) is 54.6 Å². The molecule has 160 valence electrons. The van der Waals surface area contributed by atoms with Crippen molar-refractivity contribution in [3.8, 4) is 5.88 Å². The standard InChI is InChI=1S/C22H23N5O4/c28-20(15-31-23-14-17-6-2-1-3-7-17)24-25-21-18-8-4-5-9-19(18)27(22(21)29)16-26-10-12-30-13-11-26/h1-9,14,29H,10-13,15-16H2. The number of azo groups is 1. The van der Waals surface area contributed by atoms with Crippen LogP contribution in [0.1, 0.15) is 5.56 Å². The van der Waals surface area contributed by atoms with Crippen molar-refractivity contribution in [3.05, 3.63) is 60.2 Å². The number of morpholine rings is 1. The topological polar surface area (TPSA) is 101 Å². The summed E-state index contributed by atoms with van der Waals surface area (Å²) in [6.07, 6.45) is 1.51. The van der Waals surface area contributed by atoms with Crippen LogP contribution in [0.15, 0.2) is 70.0 Å². The summed E-state index contributed by atoms with van der Waals surface area (Å²) in [6, 6.07) is 16.9. The van der Waals surface area contributed by atoms with Crippen LogP contribution in [-0.2, 0) is 21.0 Å². The van der Waals surface area contributed by atoms with Gasteiger partial charge in [0.25, 0.3) is 0 Å². The number of carbonyl (C=O) groups excluding carboxylic acids is 1. The number of carbonyl (C=O) groups is 1. The quantitative estimate of drug-likeness (QED) is 0.358. The third-order valence-electron chi connectivity index (χ3n) is 4.89. The third-order valence-corrected chi connectivity index (χ3v) is 4.89. The van der Waals surface area contributed by atoms with E-state index in [0.29, 0.717) is 25.3 Å². The Labute approximate surface area is 179 Å². The summed E-state index contributed by atoms with van der Waals surface area (Å²) >= 11 is 0. The van der Waals surface area contributed by atoms with Crippen molar-refractivity contribution in [2.24, 2.45) is 15.4 Å². The van der Waals surface area contributed by atoms with Gasteiger partial charge in [0.2, 0.25) is 5.88 Å². The van der Waals surface area contributed by atoms with Crippen molar-refractivity contribution in [3.63, 3.8) is 0 Å². The first-order valence-electron chi connectivity index (χ1n) is 9.97. The highest BCUT2D eigenvalue weighted by atomic mass is 16.6. The fourth-order valence-electron chi connectivity index (χ4n) is 3.32. The lowest BCUT2D eigenvalue weighted by Gasteiger charge is -2.27. The number of fused-ring (bicyclic) bond motifs is 1. The number of para-hydroxylation sites is 1. The first kappa shape index (κ1) is 20.7. The molecule has 31 heavy (non-hydrogen) atoms. The van der Waals surface area contributed by atoms with Gasteiger partial charge in [-0.25, -0.2) is 0 Å². The maximum atomic E-state index is 12.0. The maximum Gasteiger partial charge on any atom is 0.304 e. The molecular formula is C22H23N5O4. The number of hydrogen-bond donors (Lipinski definition) is 1. The number of ether oxygens (including phenoxy) is 1. The van der Waals surface area contributed by atoms with E-state index in [-0.39, 0.29) is 18.2 Å². The molecule has 1 aliphatic rings. The highest BCUT2D eigenvalue weighted by Gasteiger charge is 2.19. The largest absolute Gasteiger partial charge is 0.493 e. The Morgan fingerprint density at radius 2 is 1.84 bits per heavy atom. The molecule has 1 aliphatic heterocycles. The Kier molecular flexibility index (Phi) is 6.65. The van der Waals surface area contributed by atoms with E-state index in [1.165, 1.54) is 6.21 Å². The lowest BCUT2D eigenvalue weighted by atomic mass is 10.2. The van der Waals surface area contributed by atoms with Gasteiger partial charge in [-0.15, -0.1) is 10.2 Å². The molecule has 1 aromatic heterocycles. The van der Waals surface area contributed by atoms with Gasteiger partial charge >= 0.3 is 5.91 Å². The third kappa shape index (κ3) is 5.14. The van der Waals surface area contributed by atoms with E-state index < -0.39 is 5.91 Å². The normalized spacial score (nSPS) is 15.2. The van der Waals surface area contributed by atoms with Crippen molar-refractivity contribution in [1.29, 1.82) is 0 Å².